The third-order valence-corrected chi connectivity index (χ3v) is 4.55. The fourth-order valence-corrected chi connectivity index (χ4v) is 3.21. The second-order valence-electron chi connectivity index (χ2n) is 6.80. The maximum atomic E-state index is 12.3. The lowest BCUT2D eigenvalue weighted by Crippen LogP contribution is -2.46. The van der Waals surface area contributed by atoms with Crippen LogP contribution in [0.4, 0.5) is 0 Å². The Morgan fingerprint density at radius 3 is 2.35 bits per heavy atom. The van der Waals surface area contributed by atoms with E-state index in [1.54, 1.807) is 19.1 Å². The van der Waals surface area contributed by atoms with Crippen LogP contribution in [0.1, 0.15) is 61.0 Å². The zero-order valence-electron chi connectivity index (χ0n) is 14.5. The average Bonchev–Trinajstić information content (AvgIpc) is 2.48. The van der Waals surface area contributed by atoms with Gasteiger partial charge in [-0.15, -0.1) is 0 Å². The monoisotopic (exact) mass is 317 g/mol. The normalized spacial score (nSPS) is 22.3. The van der Waals surface area contributed by atoms with Crippen LogP contribution in [0.3, 0.4) is 0 Å². The standard InChI is InChI=1S/C19H27NO3/c1-12-9-13(2)11-16(10-12)19(22)23-15(4)18(21)20-17-8-6-5-7-14(17)3/h9-11,14-15,17H,5-8H2,1-4H3,(H,20,21)/t14-,15+,17+/m0/s1. The summed E-state index contributed by atoms with van der Waals surface area (Å²) in [5, 5.41) is 3.03. The Hall–Kier alpha value is -1.84. The Morgan fingerprint density at radius 1 is 1.13 bits per heavy atom. The second-order valence-corrected chi connectivity index (χ2v) is 6.80. The number of esters is 1. The van der Waals surface area contributed by atoms with E-state index < -0.39 is 12.1 Å². The van der Waals surface area contributed by atoms with E-state index in [1.165, 1.54) is 6.42 Å². The number of hydrogen-bond donors (Lipinski definition) is 1. The minimum atomic E-state index is -0.780. The number of nitrogens with one attached hydrogen (secondary N) is 1. The molecule has 0 radical (unpaired) electrons. The van der Waals surface area contributed by atoms with Gasteiger partial charge in [-0.25, -0.2) is 4.79 Å². The molecule has 4 nitrogen and oxygen atoms in total. The average molecular weight is 317 g/mol. The molecule has 126 valence electrons. The molecule has 1 saturated carbocycles. The van der Waals surface area contributed by atoms with Gasteiger partial charge >= 0.3 is 5.97 Å². The molecule has 1 aromatic rings. The summed E-state index contributed by atoms with van der Waals surface area (Å²) in [7, 11) is 0. The molecule has 0 unspecified atom stereocenters. The lowest BCUT2D eigenvalue weighted by molar-refractivity contribution is -0.130. The number of carbonyl (C=O) groups excluding carboxylic acids is 2. The third kappa shape index (κ3) is 4.81. The molecule has 0 saturated heterocycles. The Labute approximate surface area is 138 Å². The van der Waals surface area contributed by atoms with Crippen molar-refractivity contribution >= 4 is 11.9 Å². The smallest absolute Gasteiger partial charge is 0.338 e. The van der Waals surface area contributed by atoms with E-state index in [9.17, 15) is 9.59 Å². The Morgan fingerprint density at radius 2 is 1.74 bits per heavy atom. The molecule has 0 aromatic heterocycles. The highest BCUT2D eigenvalue weighted by Crippen LogP contribution is 2.23. The van der Waals surface area contributed by atoms with Gasteiger partial charge in [0.05, 0.1) is 5.56 Å². The zero-order chi connectivity index (χ0) is 17.0. The van der Waals surface area contributed by atoms with Crippen LogP contribution >= 0.6 is 0 Å². The van der Waals surface area contributed by atoms with Crippen LogP contribution in [-0.2, 0) is 9.53 Å². The number of benzene rings is 1. The minimum Gasteiger partial charge on any atom is -0.449 e. The highest BCUT2D eigenvalue weighted by Gasteiger charge is 2.26. The van der Waals surface area contributed by atoms with Gasteiger partial charge in [0.1, 0.15) is 0 Å². The van der Waals surface area contributed by atoms with Crippen molar-refractivity contribution in [2.45, 2.75) is 65.5 Å². The summed E-state index contributed by atoms with van der Waals surface area (Å²) in [5.74, 6) is -0.173. The summed E-state index contributed by atoms with van der Waals surface area (Å²) in [6.07, 6.45) is 3.74. The van der Waals surface area contributed by atoms with Gasteiger partial charge in [-0.05, 0) is 51.7 Å². The summed E-state index contributed by atoms with van der Waals surface area (Å²) < 4.78 is 5.33. The summed E-state index contributed by atoms with van der Waals surface area (Å²) in [5.41, 5.74) is 2.50. The first-order chi connectivity index (χ1) is 10.9. The van der Waals surface area contributed by atoms with Crippen LogP contribution in [0.2, 0.25) is 0 Å². The molecule has 2 rings (SSSR count). The van der Waals surface area contributed by atoms with Gasteiger partial charge in [0.25, 0.3) is 5.91 Å². The van der Waals surface area contributed by atoms with E-state index in [0.717, 1.165) is 30.4 Å². The molecule has 3 atom stereocenters. The molecule has 1 aromatic carbocycles. The lowest BCUT2D eigenvalue weighted by atomic mass is 9.86. The van der Waals surface area contributed by atoms with Crippen molar-refractivity contribution in [1.29, 1.82) is 0 Å². The van der Waals surface area contributed by atoms with Gasteiger partial charge in [0, 0.05) is 6.04 Å². The number of aryl methyl sites for hydroxylation is 2. The van der Waals surface area contributed by atoms with Crippen molar-refractivity contribution < 1.29 is 14.3 Å². The minimum absolute atomic E-state index is 0.193. The molecule has 1 N–H and O–H groups in total. The number of hydrogen-bond acceptors (Lipinski definition) is 3. The molecule has 0 bridgehead atoms. The molecule has 1 aliphatic rings. The number of rotatable bonds is 4. The molecule has 1 amide bonds. The molecule has 0 spiro atoms. The fraction of sp³-hybridized carbons (Fsp3) is 0.579. The van der Waals surface area contributed by atoms with E-state index >= 15 is 0 Å². The second kappa shape index (κ2) is 7.62. The van der Waals surface area contributed by atoms with Crippen LogP contribution < -0.4 is 5.32 Å². The van der Waals surface area contributed by atoms with E-state index in [4.69, 9.17) is 4.74 Å². The van der Waals surface area contributed by atoms with Crippen LogP contribution in [0.15, 0.2) is 18.2 Å². The highest BCUT2D eigenvalue weighted by atomic mass is 16.5. The van der Waals surface area contributed by atoms with Crippen molar-refractivity contribution in [2.24, 2.45) is 5.92 Å². The lowest BCUT2D eigenvalue weighted by Gasteiger charge is -2.30. The first-order valence-electron chi connectivity index (χ1n) is 8.46. The van der Waals surface area contributed by atoms with Gasteiger partial charge in [0.2, 0.25) is 0 Å². The molecular weight excluding hydrogens is 290 g/mol. The van der Waals surface area contributed by atoms with Crippen molar-refractivity contribution in [3.63, 3.8) is 0 Å². The number of ether oxygens (including phenoxy) is 1. The van der Waals surface area contributed by atoms with E-state index in [0.29, 0.717) is 11.5 Å². The fourth-order valence-electron chi connectivity index (χ4n) is 3.21. The van der Waals surface area contributed by atoms with E-state index in [-0.39, 0.29) is 11.9 Å². The van der Waals surface area contributed by atoms with Crippen LogP contribution in [0, 0.1) is 19.8 Å². The van der Waals surface area contributed by atoms with E-state index in [1.807, 2.05) is 19.9 Å². The molecular formula is C19H27NO3. The van der Waals surface area contributed by atoms with Crippen molar-refractivity contribution in [3.05, 3.63) is 34.9 Å². The Kier molecular flexibility index (Phi) is 5.80. The van der Waals surface area contributed by atoms with Crippen molar-refractivity contribution in [1.82, 2.24) is 5.32 Å². The van der Waals surface area contributed by atoms with Gasteiger partial charge in [0.15, 0.2) is 6.10 Å². The molecule has 23 heavy (non-hydrogen) atoms. The summed E-state index contributed by atoms with van der Waals surface area (Å²) in [4.78, 5) is 24.5. The molecule has 4 heteroatoms. The van der Waals surface area contributed by atoms with Gasteiger partial charge in [-0.2, -0.15) is 0 Å². The highest BCUT2D eigenvalue weighted by molar-refractivity contribution is 5.92. The molecule has 0 aliphatic heterocycles. The number of carbonyl (C=O) groups is 2. The van der Waals surface area contributed by atoms with Crippen LogP contribution in [0.5, 0.6) is 0 Å². The van der Waals surface area contributed by atoms with Gasteiger partial charge in [-0.3, -0.25) is 4.79 Å². The number of amides is 1. The first-order valence-corrected chi connectivity index (χ1v) is 8.46. The van der Waals surface area contributed by atoms with Crippen molar-refractivity contribution in [2.75, 3.05) is 0 Å². The molecule has 0 heterocycles. The predicted octanol–water partition coefficient (Wildman–Crippen LogP) is 3.54. The predicted molar refractivity (Wildman–Crippen MR) is 90.4 cm³/mol. The maximum Gasteiger partial charge on any atom is 0.338 e. The van der Waals surface area contributed by atoms with Gasteiger partial charge < -0.3 is 10.1 Å². The molecule has 1 fully saturated rings. The van der Waals surface area contributed by atoms with Crippen LogP contribution in [-0.4, -0.2) is 24.0 Å². The maximum absolute atomic E-state index is 12.3. The quantitative estimate of drug-likeness (QED) is 0.864. The Balaban J connectivity index is 1.93. The first kappa shape index (κ1) is 17.5. The zero-order valence-corrected chi connectivity index (χ0v) is 14.5. The molecule has 1 aliphatic carbocycles. The summed E-state index contributed by atoms with van der Waals surface area (Å²) in [6.45, 7) is 7.66. The summed E-state index contributed by atoms with van der Waals surface area (Å²) in [6, 6.07) is 5.75. The largest absolute Gasteiger partial charge is 0.449 e. The topological polar surface area (TPSA) is 55.4 Å². The van der Waals surface area contributed by atoms with E-state index in [2.05, 4.69) is 12.2 Å². The third-order valence-electron chi connectivity index (χ3n) is 4.55. The Bertz CT molecular complexity index is 562. The van der Waals surface area contributed by atoms with Crippen LogP contribution in [0.25, 0.3) is 0 Å². The van der Waals surface area contributed by atoms with Crippen molar-refractivity contribution in [3.8, 4) is 0 Å². The van der Waals surface area contributed by atoms with Gasteiger partial charge in [-0.1, -0.05) is 37.0 Å². The SMILES string of the molecule is Cc1cc(C)cc(C(=O)O[C@H](C)C(=O)N[C@@H]2CCCC[C@@H]2C)c1. The summed E-state index contributed by atoms with van der Waals surface area (Å²) >= 11 is 0.